The van der Waals surface area contributed by atoms with E-state index in [1.165, 1.54) is 0 Å². The number of hydrogen-bond donors (Lipinski definition) is 3. The van der Waals surface area contributed by atoms with E-state index in [4.69, 9.17) is 28.4 Å². The quantitative estimate of drug-likeness (QED) is 0.0170. The van der Waals surface area contributed by atoms with Crippen molar-refractivity contribution in [1.82, 2.24) is 0 Å². The highest BCUT2D eigenvalue weighted by Gasteiger charge is 2.28. The molecule has 0 aliphatic carbocycles. The SMILES string of the molecule is CCCCCC(OC(=O)C[N+](C)(C)C)C(O)C/C=C/CCCCCCCC(=O)OCC(COC(=O)CCCCCCC/C=C/CC(O)C(CCCCC)OC(=O)C[N+](C)(C)C)OC(=O)CCCCCCC/C=C/CC(O)C(CCCCC)OC(=O)C[N+](C)(C)C. The molecule has 0 bridgehead atoms. The van der Waals surface area contributed by atoms with Gasteiger partial charge < -0.3 is 57.2 Å². The summed E-state index contributed by atoms with van der Waals surface area (Å²) < 4.78 is 35.5. The third kappa shape index (κ3) is 54.4. The number of unbranched alkanes of at least 4 members (excludes halogenated alkanes) is 21. The second-order valence-corrected chi connectivity index (χ2v) is 28.1. The number of carbonyl (C=O) groups is 6. The Morgan fingerprint density at radius 1 is 0.322 bits per heavy atom. The molecule has 6 unspecified atom stereocenters. The lowest BCUT2D eigenvalue weighted by Crippen LogP contribution is -2.42. The van der Waals surface area contributed by atoms with Crippen molar-refractivity contribution in [2.24, 2.45) is 0 Å². The van der Waals surface area contributed by atoms with Crippen LogP contribution in [0.4, 0.5) is 0 Å². The fourth-order valence-electron chi connectivity index (χ4n) is 10.1. The van der Waals surface area contributed by atoms with Crippen LogP contribution in [0.1, 0.15) is 252 Å². The maximum atomic E-state index is 13.1. The number of allylic oxidation sites excluding steroid dienone is 3. The molecule has 0 saturated heterocycles. The molecular weight excluding hydrogens is 1150 g/mol. The molecule has 0 saturated carbocycles. The lowest BCUT2D eigenvalue weighted by Gasteiger charge is -2.26. The van der Waals surface area contributed by atoms with E-state index in [1.54, 1.807) is 0 Å². The van der Waals surface area contributed by atoms with Gasteiger partial charge in [-0.2, -0.15) is 0 Å². The monoisotopic (exact) mass is 1280 g/mol. The van der Waals surface area contributed by atoms with Gasteiger partial charge in [-0.15, -0.1) is 0 Å². The van der Waals surface area contributed by atoms with Gasteiger partial charge in [-0.3, -0.25) is 14.4 Å². The number of hydrogen-bond acceptors (Lipinski definition) is 15. The van der Waals surface area contributed by atoms with Crippen molar-refractivity contribution in [2.45, 2.75) is 295 Å². The molecule has 0 amide bonds. The Bertz CT molecular complexity index is 1870. The summed E-state index contributed by atoms with van der Waals surface area (Å²) in [5, 5.41) is 32.7. The van der Waals surface area contributed by atoms with E-state index in [9.17, 15) is 44.1 Å². The fraction of sp³-hybridized carbons (Fsp3) is 0.833. The predicted octanol–water partition coefficient (Wildman–Crippen LogP) is 12.7. The second-order valence-electron chi connectivity index (χ2n) is 28.1. The van der Waals surface area contributed by atoms with E-state index in [1.807, 2.05) is 81.7 Å². The molecule has 0 aromatic carbocycles. The minimum atomic E-state index is -0.926. The Kier molecular flexibility index (Phi) is 50.7. The summed E-state index contributed by atoms with van der Waals surface area (Å²) >= 11 is 0. The Hall–Kier alpha value is -4.20. The van der Waals surface area contributed by atoms with Crippen LogP contribution in [0.3, 0.4) is 0 Å². The number of quaternary nitrogens is 3. The van der Waals surface area contributed by atoms with Crippen LogP contribution >= 0.6 is 0 Å². The summed E-state index contributed by atoms with van der Waals surface area (Å²) in [6, 6.07) is 0. The molecule has 0 fully saturated rings. The van der Waals surface area contributed by atoms with Crippen molar-refractivity contribution in [3.05, 3.63) is 36.5 Å². The molecule has 0 aliphatic rings. The maximum absolute atomic E-state index is 13.1. The van der Waals surface area contributed by atoms with Crippen LogP contribution in [0.5, 0.6) is 0 Å². The van der Waals surface area contributed by atoms with Crippen LogP contribution in [0.15, 0.2) is 36.5 Å². The van der Waals surface area contributed by atoms with Gasteiger partial charge in [-0.05, 0) is 116 Å². The minimum absolute atomic E-state index is 0.187. The van der Waals surface area contributed by atoms with Gasteiger partial charge in [0.05, 0.1) is 81.7 Å². The van der Waals surface area contributed by atoms with E-state index >= 15 is 0 Å². The maximum Gasteiger partial charge on any atom is 0.362 e. The summed E-state index contributed by atoms with van der Waals surface area (Å²) in [6.45, 7) is 6.67. The molecule has 0 rings (SSSR count). The average molecular weight is 1280 g/mol. The van der Waals surface area contributed by atoms with Gasteiger partial charge in [0.2, 0.25) is 0 Å². The number of aliphatic hydroxyl groups excluding tert-OH is 3. The highest BCUT2D eigenvalue weighted by molar-refractivity contribution is 5.72. The zero-order chi connectivity index (χ0) is 67.5. The molecule has 3 N–H and O–H groups in total. The zero-order valence-electron chi connectivity index (χ0n) is 59.1. The molecule has 0 heterocycles. The van der Waals surface area contributed by atoms with Gasteiger partial charge in [-0.25, -0.2) is 14.4 Å². The van der Waals surface area contributed by atoms with E-state index < -0.39 is 60.6 Å². The Morgan fingerprint density at radius 3 is 0.867 bits per heavy atom. The number of rotatable bonds is 59. The number of aliphatic hydroxyl groups is 3. The van der Waals surface area contributed by atoms with Crippen LogP contribution in [0.25, 0.3) is 0 Å². The molecule has 90 heavy (non-hydrogen) atoms. The Balaban J connectivity index is 5.10. The number of esters is 6. The van der Waals surface area contributed by atoms with Gasteiger partial charge in [0.25, 0.3) is 0 Å². The van der Waals surface area contributed by atoms with Crippen LogP contribution < -0.4 is 0 Å². The number of carbonyl (C=O) groups excluding carboxylic acids is 6. The Labute approximate surface area is 547 Å². The molecule has 0 radical (unpaired) electrons. The van der Waals surface area contributed by atoms with Gasteiger partial charge in [0, 0.05) is 19.3 Å². The van der Waals surface area contributed by atoms with Crippen molar-refractivity contribution < 1.29 is 86.0 Å². The molecule has 6 atom stereocenters. The fourth-order valence-corrected chi connectivity index (χ4v) is 10.1. The Morgan fingerprint density at radius 2 is 0.589 bits per heavy atom. The summed E-state index contributed by atoms with van der Waals surface area (Å²) in [5.41, 5.74) is 0. The largest absolute Gasteiger partial charge is 0.462 e. The van der Waals surface area contributed by atoms with Gasteiger partial charge >= 0.3 is 35.8 Å². The van der Waals surface area contributed by atoms with E-state index in [0.29, 0.717) is 71.2 Å². The summed E-state index contributed by atoms with van der Waals surface area (Å²) in [6.07, 6.45) is 35.8. The molecule has 0 spiro atoms. The standard InChI is InChI=1S/C72H134N3O15/c1-13-16-37-49-64(88-70(82)55-73(4,5)6)61(76)46-40-31-25-19-22-28-34-43-52-67(79)85-58-60(87-69(81)54-45-36-30-24-21-27-33-42-48-63(78)66(51-39-18-15-3)90-72(84)57-75(10,11)12)59-86-68(80)53-44-35-29-23-20-26-32-41-47-62(77)65(50-38-17-14-2)89-71(83)56-74(7,8)9/h31-33,40-42,60-66,76-78H,13-30,34-39,43-59H2,1-12H3/q+3/b40-31+,41-32+,42-33+. The molecule has 18 nitrogen and oxygen atoms in total. The second kappa shape index (κ2) is 53.2. The van der Waals surface area contributed by atoms with E-state index in [2.05, 4.69) is 39.0 Å². The third-order valence-electron chi connectivity index (χ3n) is 15.3. The van der Waals surface area contributed by atoms with Crippen LogP contribution in [-0.2, 0) is 57.2 Å². The van der Waals surface area contributed by atoms with E-state index in [0.717, 1.165) is 154 Å². The van der Waals surface area contributed by atoms with Gasteiger partial charge in [0.15, 0.2) is 25.7 Å². The minimum Gasteiger partial charge on any atom is -0.462 e. The smallest absolute Gasteiger partial charge is 0.362 e. The lowest BCUT2D eigenvalue weighted by molar-refractivity contribution is -0.862. The molecule has 0 aliphatic heterocycles. The van der Waals surface area contributed by atoms with Crippen molar-refractivity contribution in [1.29, 1.82) is 0 Å². The molecule has 524 valence electrons. The highest BCUT2D eigenvalue weighted by atomic mass is 16.6. The highest BCUT2D eigenvalue weighted by Crippen LogP contribution is 2.20. The first-order chi connectivity index (χ1) is 42.7. The van der Waals surface area contributed by atoms with Gasteiger partial charge in [0.1, 0.15) is 31.5 Å². The van der Waals surface area contributed by atoms with Crippen LogP contribution in [0.2, 0.25) is 0 Å². The van der Waals surface area contributed by atoms with Crippen molar-refractivity contribution in [3.63, 3.8) is 0 Å². The number of nitrogens with zero attached hydrogens (tertiary/aromatic N) is 3. The van der Waals surface area contributed by atoms with Crippen molar-refractivity contribution >= 4 is 35.8 Å². The number of likely N-dealkylation sites (N-methyl/N-ethyl adjacent to an activating group) is 3. The van der Waals surface area contributed by atoms with Crippen molar-refractivity contribution in [3.8, 4) is 0 Å². The molecule has 0 aromatic heterocycles. The first-order valence-corrected chi connectivity index (χ1v) is 35.2. The topological polar surface area (TPSA) is 218 Å². The molecule has 18 heteroatoms. The average Bonchev–Trinajstić information content (AvgIpc) is 3.63. The summed E-state index contributed by atoms with van der Waals surface area (Å²) in [4.78, 5) is 76.4. The van der Waals surface area contributed by atoms with Gasteiger partial charge in [-0.1, -0.05) is 154 Å². The van der Waals surface area contributed by atoms with Crippen LogP contribution in [-0.4, -0.2) is 204 Å². The zero-order valence-corrected chi connectivity index (χ0v) is 59.1. The van der Waals surface area contributed by atoms with Crippen molar-refractivity contribution in [2.75, 3.05) is 96.3 Å². The van der Waals surface area contributed by atoms with Crippen LogP contribution in [0, 0.1) is 0 Å². The normalized spacial score (nSPS) is 14.7. The molecular formula is C72H134N3O15+3. The lowest BCUT2D eigenvalue weighted by atomic mass is 10.0. The number of ether oxygens (including phenoxy) is 6. The summed E-state index contributed by atoms with van der Waals surface area (Å²) in [5.74, 6) is -2.13. The van der Waals surface area contributed by atoms with E-state index in [-0.39, 0.29) is 70.0 Å². The first kappa shape index (κ1) is 85.8. The summed E-state index contributed by atoms with van der Waals surface area (Å²) in [7, 11) is 17.4. The predicted molar refractivity (Wildman–Crippen MR) is 359 cm³/mol. The first-order valence-electron chi connectivity index (χ1n) is 35.2. The third-order valence-corrected chi connectivity index (χ3v) is 15.3. The molecule has 0 aromatic rings.